The third kappa shape index (κ3) is 3.14. The molecule has 1 atom stereocenters. The van der Waals surface area contributed by atoms with Crippen LogP contribution >= 0.6 is 0 Å². The van der Waals surface area contributed by atoms with Crippen LogP contribution in [0.1, 0.15) is 40.3 Å². The van der Waals surface area contributed by atoms with Crippen molar-refractivity contribution >= 4 is 5.91 Å². The summed E-state index contributed by atoms with van der Waals surface area (Å²) in [6.45, 7) is 2.63. The molecule has 1 aliphatic heterocycles. The molecular weight excluding hydrogens is 323 g/mol. The van der Waals surface area contributed by atoms with Gasteiger partial charge < -0.3 is 10.0 Å². The summed E-state index contributed by atoms with van der Waals surface area (Å²) in [5, 5.41) is 13.8. The summed E-state index contributed by atoms with van der Waals surface area (Å²) < 4.78 is 40.1. The van der Waals surface area contributed by atoms with Crippen LogP contribution in [0.15, 0.2) is 30.3 Å². The predicted octanol–water partition coefficient (Wildman–Crippen LogP) is 2.61. The van der Waals surface area contributed by atoms with Crippen molar-refractivity contribution in [3.8, 4) is 0 Å². The second-order valence-electron chi connectivity index (χ2n) is 5.76. The zero-order valence-corrected chi connectivity index (χ0v) is 12.9. The van der Waals surface area contributed by atoms with E-state index in [1.807, 2.05) is 0 Å². The number of hydrogen-bond donors (Lipinski definition) is 1. The molecule has 0 bridgehead atoms. The fourth-order valence-electron chi connectivity index (χ4n) is 2.68. The highest BCUT2D eigenvalue weighted by Crippen LogP contribution is 2.30. The Morgan fingerprint density at radius 1 is 1.29 bits per heavy atom. The lowest BCUT2D eigenvalue weighted by Crippen LogP contribution is -2.38. The van der Waals surface area contributed by atoms with Crippen molar-refractivity contribution in [1.29, 1.82) is 0 Å². The molecule has 0 unspecified atom stereocenters. The van der Waals surface area contributed by atoms with E-state index in [-0.39, 0.29) is 12.1 Å². The van der Waals surface area contributed by atoms with Gasteiger partial charge in [0.2, 0.25) is 0 Å². The van der Waals surface area contributed by atoms with Crippen LogP contribution in [-0.2, 0) is 19.3 Å². The topological polar surface area (TPSA) is 58.4 Å². The van der Waals surface area contributed by atoms with E-state index in [9.17, 15) is 23.1 Å². The minimum Gasteiger partial charge on any atom is -0.387 e. The van der Waals surface area contributed by atoms with Crippen LogP contribution in [0.4, 0.5) is 13.2 Å². The zero-order valence-electron chi connectivity index (χ0n) is 12.9. The highest BCUT2D eigenvalue weighted by Gasteiger charge is 2.32. The second kappa shape index (κ2) is 5.94. The van der Waals surface area contributed by atoms with Crippen LogP contribution in [0.25, 0.3) is 0 Å². The molecule has 3 rings (SSSR count). The number of alkyl halides is 3. The molecule has 0 fully saturated rings. The second-order valence-corrected chi connectivity index (χ2v) is 5.76. The molecule has 0 radical (unpaired) electrons. The number of amides is 1. The van der Waals surface area contributed by atoms with Crippen molar-refractivity contribution in [1.82, 2.24) is 14.7 Å². The summed E-state index contributed by atoms with van der Waals surface area (Å²) in [6.07, 6.45) is -5.20. The van der Waals surface area contributed by atoms with Gasteiger partial charge >= 0.3 is 6.18 Å². The molecule has 5 nitrogen and oxygen atoms in total. The van der Waals surface area contributed by atoms with E-state index < -0.39 is 23.8 Å². The summed E-state index contributed by atoms with van der Waals surface area (Å²) in [7, 11) is 0. The monoisotopic (exact) mass is 339 g/mol. The van der Waals surface area contributed by atoms with E-state index in [0.29, 0.717) is 18.8 Å². The molecule has 1 amide bonds. The fraction of sp³-hybridized carbons (Fsp3) is 0.375. The van der Waals surface area contributed by atoms with Gasteiger partial charge in [0.1, 0.15) is 0 Å². The van der Waals surface area contributed by atoms with E-state index >= 15 is 0 Å². The predicted molar refractivity (Wildman–Crippen MR) is 79.0 cm³/mol. The smallest absolute Gasteiger partial charge is 0.387 e. The van der Waals surface area contributed by atoms with Crippen LogP contribution in [0, 0.1) is 0 Å². The fourth-order valence-corrected chi connectivity index (χ4v) is 2.68. The van der Waals surface area contributed by atoms with E-state index in [0.717, 1.165) is 17.8 Å². The van der Waals surface area contributed by atoms with Gasteiger partial charge in [0.15, 0.2) is 0 Å². The number of aromatic nitrogens is 2. The zero-order chi connectivity index (χ0) is 17.5. The maximum Gasteiger partial charge on any atom is 0.416 e. The number of carbonyl (C=O) groups excluding carboxylic acids is 1. The Bertz CT molecular complexity index is 768. The highest BCUT2D eigenvalue weighted by molar-refractivity contribution is 5.94. The molecule has 24 heavy (non-hydrogen) atoms. The first-order chi connectivity index (χ1) is 11.3. The quantitative estimate of drug-likeness (QED) is 0.915. The van der Waals surface area contributed by atoms with E-state index in [4.69, 9.17) is 0 Å². The highest BCUT2D eigenvalue weighted by atomic mass is 19.4. The maximum atomic E-state index is 12.8. The molecule has 0 saturated carbocycles. The summed E-state index contributed by atoms with van der Waals surface area (Å²) in [5.41, 5.74) is 0.427. The molecule has 0 aliphatic carbocycles. The molecule has 128 valence electrons. The number of fused-ring (bicyclic) bond motifs is 1. The number of aliphatic hydroxyl groups is 1. The Kier molecular flexibility index (Phi) is 4.08. The molecule has 0 spiro atoms. The molecule has 1 aliphatic rings. The Labute approximate surface area is 136 Å². The van der Waals surface area contributed by atoms with E-state index in [1.54, 1.807) is 17.7 Å². The number of halogens is 3. The largest absolute Gasteiger partial charge is 0.416 e. The van der Waals surface area contributed by atoms with Gasteiger partial charge in [0, 0.05) is 12.1 Å². The maximum absolute atomic E-state index is 12.8. The van der Waals surface area contributed by atoms with Crippen LogP contribution in [-0.4, -0.2) is 32.2 Å². The number of carbonyl (C=O) groups is 1. The Hall–Kier alpha value is -2.35. The van der Waals surface area contributed by atoms with Crippen LogP contribution in [0.2, 0.25) is 0 Å². The Morgan fingerprint density at radius 2 is 2.04 bits per heavy atom. The van der Waals surface area contributed by atoms with Gasteiger partial charge in [0.05, 0.1) is 36.1 Å². The number of rotatable bonds is 2. The molecule has 1 N–H and O–H groups in total. The lowest BCUT2D eigenvalue weighted by Gasteiger charge is -2.28. The van der Waals surface area contributed by atoms with Gasteiger partial charge in [-0.3, -0.25) is 9.48 Å². The van der Waals surface area contributed by atoms with Gasteiger partial charge in [-0.25, -0.2) is 0 Å². The number of benzene rings is 1. The van der Waals surface area contributed by atoms with Gasteiger partial charge in [-0.1, -0.05) is 6.07 Å². The Balaban J connectivity index is 1.81. The standard InChI is InChI=1S/C16H16F3N3O2/c1-10(23)14-8-13-9-21(5-6-22(13)20-14)15(24)11-3-2-4-12(7-11)16(17,18)19/h2-4,7-8,10,23H,5-6,9H2,1H3/t10-/m1/s1. The van der Waals surface area contributed by atoms with E-state index in [1.165, 1.54) is 17.0 Å². The van der Waals surface area contributed by atoms with Gasteiger partial charge in [-0.2, -0.15) is 18.3 Å². The number of nitrogens with zero attached hydrogens (tertiary/aromatic N) is 3. The molecule has 1 aromatic carbocycles. The van der Waals surface area contributed by atoms with Gasteiger partial charge in [-0.15, -0.1) is 0 Å². The van der Waals surface area contributed by atoms with Crippen molar-refractivity contribution in [3.63, 3.8) is 0 Å². The first kappa shape index (κ1) is 16.5. The van der Waals surface area contributed by atoms with Crippen molar-refractivity contribution in [2.24, 2.45) is 0 Å². The van der Waals surface area contributed by atoms with Gasteiger partial charge in [0.25, 0.3) is 5.91 Å². The summed E-state index contributed by atoms with van der Waals surface area (Å²) >= 11 is 0. The number of aliphatic hydroxyl groups excluding tert-OH is 1. The third-order valence-electron chi connectivity index (χ3n) is 3.97. The minimum atomic E-state index is -4.48. The molecule has 2 heterocycles. The van der Waals surface area contributed by atoms with Crippen LogP contribution < -0.4 is 0 Å². The average molecular weight is 339 g/mol. The normalized spacial score (nSPS) is 16.0. The lowest BCUT2D eigenvalue weighted by atomic mass is 10.1. The van der Waals surface area contributed by atoms with Crippen molar-refractivity contribution in [2.75, 3.05) is 6.54 Å². The van der Waals surface area contributed by atoms with Crippen molar-refractivity contribution < 1.29 is 23.1 Å². The SMILES string of the molecule is C[C@@H](O)c1cc2n(n1)CCN(C(=O)c1cccc(C(F)(F)F)c1)C2. The first-order valence-corrected chi connectivity index (χ1v) is 7.47. The Morgan fingerprint density at radius 3 is 2.71 bits per heavy atom. The third-order valence-corrected chi connectivity index (χ3v) is 3.97. The average Bonchev–Trinajstić information content (AvgIpc) is 2.97. The lowest BCUT2D eigenvalue weighted by molar-refractivity contribution is -0.137. The van der Waals surface area contributed by atoms with Crippen LogP contribution in [0.5, 0.6) is 0 Å². The summed E-state index contributed by atoms with van der Waals surface area (Å²) in [5.74, 6) is -0.452. The molecule has 1 aromatic heterocycles. The molecule has 0 saturated heterocycles. The summed E-state index contributed by atoms with van der Waals surface area (Å²) in [6, 6.07) is 6.13. The van der Waals surface area contributed by atoms with Gasteiger partial charge in [-0.05, 0) is 31.2 Å². The van der Waals surface area contributed by atoms with Crippen molar-refractivity contribution in [2.45, 2.75) is 32.3 Å². The van der Waals surface area contributed by atoms with E-state index in [2.05, 4.69) is 5.10 Å². The molecular formula is C16H16F3N3O2. The minimum absolute atomic E-state index is 0.00791. The van der Waals surface area contributed by atoms with Crippen LogP contribution in [0.3, 0.4) is 0 Å². The van der Waals surface area contributed by atoms with Crippen molar-refractivity contribution in [3.05, 3.63) is 52.8 Å². The summed E-state index contributed by atoms with van der Waals surface area (Å²) in [4.78, 5) is 14.0. The molecule has 2 aromatic rings. The molecule has 8 heteroatoms. The first-order valence-electron chi connectivity index (χ1n) is 7.47. The number of hydrogen-bond acceptors (Lipinski definition) is 3.